The molecule has 0 saturated heterocycles. The summed E-state index contributed by atoms with van der Waals surface area (Å²) in [7, 11) is -2.20. The van der Waals surface area contributed by atoms with E-state index in [0.717, 1.165) is 13.1 Å². The van der Waals surface area contributed by atoms with Crippen molar-refractivity contribution in [3.05, 3.63) is 0 Å². The van der Waals surface area contributed by atoms with Gasteiger partial charge in [-0.15, -0.1) is 0 Å². The zero-order valence-electron chi connectivity index (χ0n) is 12.5. The Morgan fingerprint density at radius 2 is 1.61 bits per heavy atom. The maximum absolute atomic E-state index is 6.23. The first-order chi connectivity index (χ1) is 8.62. The van der Waals surface area contributed by atoms with Gasteiger partial charge in [-0.1, -0.05) is 33.1 Å². The molecule has 1 rings (SSSR count). The molecule has 0 heterocycles. The van der Waals surface area contributed by atoms with E-state index in [1.807, 2.05) is 0 Å². The van der Waals surface area contributed by atoms with E-state index >= 15 is 0 Å². The molecule has 0 aromatic carbocycles. The lowest BCUT2D eigenvalue weighted by molar-refractivity contribution is 0.195. The molecule has 4 nitrogen and oxygen atoms in total. The van der Waals surface area contributed by atoms with Gasteiger partial charge in [-0.05, 0) is 39.8 Å². The summed E-state index contributed by atoms with van der Waals surface area (Å²) in [6.45, 7) is 10.4. The summed E-state index contributed by atoms with van der Waals surface area (Å²) in [5.74, 6) is 0. The fourth-order valence-corrected chi connectivity index (χ4v) is 5.80. The minimum atomic E-state index is -2.20. The zero-order valence-corrected chi connectivity index (χ0v) is 13.5. The summed E-state index contributed by atoms with van der Waals surface area (Å²) < 4.78 is 6.23. The van der Waals surface area contributed by atoms with E-state index < -0.39 is 8.80 Å². The van der Waals surface area contributed by atoms with Crippen molar-refractivity contribution in [3.63, 3.8) is 0 Å². The standard InChI is InChI=1S/C13H31N3OSi/c1-5-14-18(15-6-2,17-12(3)4)16-13-10-8-7-9-11-13/h12-16H,5-11H2,1-4H3. The second-order valence-electron chi connectivity index (χ2n) is 5.39. The Labute approximate surface area is 114 Å². The van der Waals surface area contributed by atoms with Gasteiger partial charge >= 0.3 is 8.80 Å². The molecule has 0 spiro atoms. The summed E-state index contributed by atoms with van der Waals surface area (Å²) in [6, 6.07) is 0.613. The van der Waals surface area contributed by atoms with Crippen LogP contribution in [-0.4, -0.2) is 34.0 Å². The van der Waals surface area contributed by atoms with Crippen molar-refractivity contribution in [2.24, 2.45) is 0 Å². The van der Waals surface area contributed by atoms with Crippen LogP contribution in [0.5, 0.6) is 0 Å². The highest BCUT2D eigenvalue weighted by Crippen LogP contribution is 2.18. The predicted octanol–water partition coefficient (Wildman–Crippen LogP) is 1.99. The van der Waals surface area contributed by atoms with Crippen molar-refractivity contribution >= 4 is 8.80 Å². The van der Waals surface area contributed by atoms with Crippen LogP contribution < -0.4 is 14.9 Å². The molecule has 0 bridgehead atoms. The Morgan fingerprint density at radius 3 is 2.06 bits per heavy atom. The van der Waals surface area contributed by atoms with Crippen molar-refractivity contribution in [2.75, 3.05) is 13.1 Å². The molecule has 1 aliphatic carbocycles. The van der Waals surface area contributed by atoms with Gasteiger partial charge in [0.1, 0.15) is 0 Å². The first kappa shape index (κ1) is 16.1. The number of nitrogens with one attached hydrogen (secondary N) is 3. The van der Waals surface area contributed by atoms with Gasteiger partial charge < -0.3 is 4.43 Å². The van der Waals surface area contributed by atoms with Crippen molar-refractivity contribution in [3.8, 4) is 0 Å². The molecule has 0 aromatic heterocycles. The maximum Gasteiger partial charge on any atom is 0.440 e. The average molecular weight is 273 g/mol. The molecule has 5 heteroatoms. The lowest BCUT2D eigenvalue weighted by Crippen LogP contribution is -2.76. The molecular weight excluding hydrogens is 242 g/mol. The number of hydrogen-bond donors (Lipinski definition) is 3. The van der Waals surface area contributed by atoms with E-state index in [1.54, 1.807) is 0 Å². The van der Waals surface area contributed by atoms with Gasteiger partial charge in [0, 0.05) is 12.1 Å². The Bertz CT molecular complexity index is 214. The van der Waals surface area contributed by atoms with Gasteiger partial charge in [0.05, 0.1) is 0 Å². The molecule has 18 heavy (non-hydrogen) atoms. The Kier molecular flexibility index (Phi) is 7.40. The van der Waals surface area contributed by atoms with Gasteiger partial charge in [-0.2, -0.15) is 0 Å². The van der Waals surface area contributed by atoms with Crippen LogP contribution in [0.3, 0.4) is 0 Å². The minimum absolute atomic E-state index is 0.242. The van der Waals surface area contributed by atoms with Crippen molar-refractivity contribution < 1.29 is 4.43 Å². The molecule has 1 fully saturated rings. The van der Waals surface area contributed by atoms with Gasteiger partial charge in [-0.3, -0.25) is 14.9 Å². The summed E-state index contributed by atoms with van der Waals surface area (Å²) in [6.07, 6.45) is 6.90. The highest BCUT2D eigenvalue weighted by Gasteiger charge is 2.39. The van der Waals surface area contributed by atoms with Gasteiger partial charge in [0.2, 0.25) is 0 Å². The van der Waals surface area contributed by atoms with E-state index in [1.165, 1.54) is 32.1 Å². The second kappa shape index (κ2) is 8.27. The third kappa shape index (κ3) is 5.36. The summed E-state index contributed by atoms with van der Waals surface area (Å²) in [5.41, 5.74) is 0. The SMILES string of the molecule is CCN[Si](NCC)(NC1CCCCC1)OC(C)C. The van der Waals surface area contributed by atoms with Crippen LogP contribution >= 0.6 is 0 Å². The average Bonchev–Trinajstić information content (AvgIpc) is 2.29. The second-order valence-corrected chi connectivity index (χ2v) is 7.98. The van der Waals surface area contributed by atoms with Crippen LogP contribution in [0.4, 0.5) is 0 Å². The minimum Gasteiger partial charge on any atom is -0.378 e. The topological polar surface area (TPSA) is 45.3 Å². The zero-order chi connectivity index (χ0) is 13.4. The van der Waals surface area contributed by atoms with Gasteiger partial charge in [0.15, 0.2) is 0 Å². The molecule has 1 aliphatic rings. The fraction of sp³-hybridized carbons (Fsp3) is 1.00. The van der Waals surface area contributed by atoms with Crippen LogP contribution in [0.25, 0.3) is 0 Å². The van der Waals surface area contributed by atoms with Crippen molar-refractivity contribution in [1.29, 1.82) is 0 Å². The maximum atomic E-state index is 6.23. The van der Waals surface area contributed by atoms with Crippen LogP contribution in [0.1, 0.15) is 59.8 Å². The van der Waals surface area contributed by atoms with Gasteiger partial charge in [-0.25, -0.2) is 0 Å². The highest BCUT2D eigenvalue weighted by molar-refractivity contribution is 6.66. The monoisotopic (exact) mass is 273 g/mol. The van der Waals surface area contributed by atoms with E-state index in [-0.39, 0.29) is 6.10 Å². The molecule has 0 amide bonds. The lowest BCUT2D eigenvalue weighted by atomic mass is 9.96. The molecule has 0 atom stereocenters. The first-order valence-electron chi connectivity index (χ1n) is 7.57. The fourth-order valence-electron chi connectivity index (χ4n) is 2.67. The number of rotatable bonds is 8. The van der Waals surface area contributed by atoms with Crippen LogP contribution in [0, 0.1) is 0 Å². The smallest absolute Gasteiger partial charge is 0.378 e. The van der Waals surface area contributed by atoms with Gasteiger partial charge in [0.25, 0.3) is 0 Å². The first-order valence-corrected chi connectivity index (χ1v) is 9.48. The van der Waals surface area contributed by atoms with Crippen molar-refractivity contribution in [2.45, 2.75) is 71.9 Å². The van der Waals surface area contributed by atoms with Crippen LogP contribution in [0.2, 0.25) is 0 Å². The summed E-state index contributed by atoms with van der Waals surface area (Å²) in [5, 5.41) is 0. The Morgan fingerprint density at radius 1 is 1.06 bits per heavy atom. The number of hydrogen-bond acceptors (Lipinski definition) is 4. The Hall–Kier alpha value is 0.0569. The molecule has 1 saturated carbocycles. The van der Waals surface area contributed by atoms with Crippen LogP contribution in [-0.2, 0) is 4.43 Å². The Balaban J connectivity index is 2.65. The van der Waals surface area contributed by atoms with Crippen LogP contribution in [0.15, 0.2) is 0 Å². The quantitative estimate of drug-likeness (QED) is 0.592. The molecule has 0 aliphatic heterocycles. The molecule has 0 unspecified atom stereocenters. The third-order valence-corrected chi connectivity index (χ3v) is 6.62. The molecule has 108 valence electrons. The lowest BCUT2D eigenvalue weighted by Gasteiger charge is -2.38. The van der Waals surface area contributed by atoms with E-state index in [4.69, 9.17) is 4.43 Å². The third-order valence-electron chi connectivity index (χ3n) is 3.28. The normalized spacial score (nSPS) is 18.5. The highest BCUT2D eigenvalue weighted by atomic mass is 28.4. The van der Waals surface area contributed by atoms with E-state index in [9.17, 15) is 0 Å². The molecule has 3 N–H and O–H groups in total. The summed E-state index contributed by atoms with van der Waals surface area (Å²) in [4.78, 5) is 10.9. The predicted molar refractivity (Wildman–Crippen MR) is 79.3 cm³/mol. The largest absolute Gasteiger partial charge is 0.440 e. The molecule has 0 aromatic rings. The van der Waals surface area contributed by atoms with E-state index in [2.05, 4.69) is 42.6 Å². The van der Waals surface area contributed by atoms with Crippen molar-refractivity contribution in [1.82, 2.24) is 14.9 Å². The summed E-state index contributed by atoms with van der Waals surface area (Å²) >= 11 is 0. The molecule has 0 radical (unpaired) electrons. The molecular formula is C13H31N3OSi. The van der Waals surface area contributed by atoms with E-state index in [0.29, 0.717) is 6.04 Å².